The molecular formula is C6H6F4N4. The first-order valence-electron chi connectivity index (χ1n) is 3.94. The Kier molecular flexibility index (Phi) is 1.76. The quantitative estimate of drug-likeness (QED) is 0.604. The van der Waals surface area contributed by atoms with Crippen LogP contribution in [0.3, 0.4) is 0 Å². The van der Waals surface area contributed by atoms with Gasteiger partial charge in [0.05, 0.1) is 6.42 Å². The highest BCUT2D eigenvalue weighted by Gasteiger charge is 2.49. The number of hydrogen-bond acceptors (Lipinski definition) is 3. The SMILES string of the molecule is FC1(F)CCc2nnnn2C(F)(F)C1. The number of alkyl halides is 4. The molecule has 1 aliphatic rings. The first-order valence-corrected chi connectivity index (χ1v) is 3.94. The minimum Gasteiger partial charge on any atom is -0.207 e. The van der Waals surface area contributed by atoms with E-state index in [-0.39, 0.29) is 16.9 Å². The van der Waals surface area contributed by atoms with Crippen molar-refractivity contribution in [3.8, 4) is 0 Å². The van der Waals surface area contributed by atoms with Crippen molar-refractivity contribution in [2.24, 2.45) is 0 Å². The summed E-state index contributed by atoms with van der Waals surface area (Å²) in [6.07, 6.45) is -2.43. The predicted octanol–water partition coefficient (Wildman–Crippen LogP) is 1.19. The summed E-state index contributed by atoms with van der Waals surface area (Å²) in [5.74, 6) is -3.58. The maximum atomic E-state index is 13.1. The third-order valence-electron chi connectivity index (χ3n) is 2.03. The van der Waals surface area contributed by atoms with E-state index in [4.69, 9.17) is 0 Å². The molecule has 0 amide bonds. The normalized spacial score (nSPS) is 24.0. The molecule has 0 aliphatic carbocycles. The van der Waals surface area contributed by atoms with Crippen LogP contribution in [0.2, 0.25) is 0 Å². The molecule has 0 fully saturated rings. The number of nitrogens with zero attached hydrogens (tertiary/aromatic N) is 4. The van der Waals surface area contributed by atoms with Crippen LogP contribution >= 0.6 is 0 Å². The molecule has 0 saturated heterocycles. The molecule has 78 valence electrons. The first kappa shape index (κ1) is 9.35. The fourth-order valence-corrected chi connectivity index (χ4v) is 1.38. The van der Waals surface area contributed by atoms with E-state index in [2.05, 4.69) is 15.5 Å². The molecule has 0 spiro atoms. The molecule has 1 aliphatic heterocycles. The summed E-state index contributed by atoms with van der Waals surface area (Å²) in [4.78, 5) is 0. The lowest BCUT2D eigenvalue weighted by molar-refractivity contribution is -0.161. The zero-order valence-electron chi connectivity index (χ0n) is 6.92. The van der Waals surface area contributed by atoms with Crippen LogP contribution in [0.4, 0.5) is 17.6 Å². The second kappa shape index (κ2) is 2.64. The van der Waals surface area contributed by atoms with E-state index in [1.807, 2.05) is 0 Å². The summed E-state index contributed by atoms with van der Waals surface area (Å²) in [5.41, 5.74) is 0. The summed E-state index contributed by atoms with van der Waals surface area (Å²) in [6.45, 7) is 0. The van der Waals surface area contributed by atoms with E-state index in [1.54, 1.807) is 0 Å². The molecule has 8 heteroatoms. The topological polar surface area (TPSA) is 43.6 Å². The molecule has 14 heavy (non-hydrogen) atoms. The van der Waals surface area contributed by atoms with Gasteiger partial charge in [0.2, 0.25) is 0 Å². The van der Waals surface area contributed by atoms with E-state index in [9.17, 15) is 17.6 Å². The van der Waals surface area contributed by atoms with Gasteiger partial charge in [-0.2, -0.15) is 13.5 Å². The summed E-state index contributed by atoms with van der Waals surface area (Å²) in [6, 6.07) is -3.71. The Morgan fingerprint density at radius 2 is 1.93 bits per heavy atom. The second-order valence-corrected chi connectivity index (χ2v) is 3.21. The average Bonchev–Trinajstić information content (AvgIpc) is 2.43. The van der Waals surface area contributed by atoms with Crippen LogP contribution in [-0.2, 0) is 12.5 Å². The number of aromatic nitrogens is 4. The highest BCUT2D eigenvalue weighted by atomic mass is 19.3. The molecule has 0 bridgehead atoms. The average molecular weight is 210 g/mol. The molecule has 0 N–H and O–H groups in total. The van der Waals surface area contributed by atoms with Crippen LogP contribution in [0.5, 0.6) is 0 Å². The zero-order valence-corrected chi connectivity index (χ0v) is 6.92. The molecule has 2 rings (SSSR count). The number of fused-ring (bicyclic) bond motifs is 1. The van der Waals surface area contributed by atoms with Gasteiger partial charge in [-0.3, -0.25) is 0 Å². The van der Waals surface area contributed by atoms with Gasteiger partial charge >= 0.3 is 6.05 Å². The van der Waals surface area contributed by atoms with E-state index >= 15 is 0 Å². The second-order valence-electron chi connectivity index (χ2n) is 3.21. The summed E-state index contributed by atoms with van der Waals surface area (Å²) < 4.78 is 52.1. The van der Waals surface area contributed by atoms with Crippen molar-refractivity contribution < 1.29 is 17.6 Å². The largest absolute Gasteiger partial charge is 0.352 e. The Bertz CT molecular complexity index is 347. The number of aryl methyl sites for hydroxylation is 1. The molecule has 0 unspecified atom stereocenters. The number of tetrazole rings is 1. The Labute approximate surface area is 75.9 Å². The van der Waals surface area contributed by atoms with Gasteiger partial charge in [-0.15, -0.1) is 5.10 Å². The minimum atomic E-state index is -3.71. The Morgan fingerprint density at radius 1 is 1.21 bits per heavy atom. The van der Waals surface area contributed by atoms with Crippen LogP contribution in [0, 0.1) is 0 Å². The molecule has 0 atom stereocenters. The fraction of sp³-hybridized carbons (Fsp3) is 0.833. The molecule has 1 aromatic heterocycles. The zero-order chi connectivity index (χ0) is 10.4. The Hall–Kier alpha value is -1.21. The maximum absolute atomic E-state index is 13.1. The van der Waals surface area contributed by atoms with Gasteiger partial charge in [0, 0.05) is 12.8 Å². The van der Waals surface area contributed by atoms with Crippen LogP contribution < -0.4 is 0 Å². The highest BCUT2D eigenvalue weighted by Crippen LogP contribution is 2.39. The van der Waals surface area contributed by atoms with Crippen LogP contribution in [0.1, 0.15) is 18.7 Å². The molecule has 1 aromatic rings. The van der Waals surface area contributed by atoms with Crippen molar-refractivity contribution in [1.82, 2.24) is 20.2 Å². The van der Waals surface area contributed by atoms with Gasteiger partial charge in [0.15, 0.2) is 5.82 Å². The van der Waals surface area contributed by atoms with E-state index in [0.717, 1.165) is 0 Å². The van der Waals surface area contributed by atoms with Crippen molar-refractivity contribution in [3.05, 3.63) is 5.82 Å². The standard InChI is InChI=1S/C6H6F4N4/c7-5(8)2-1-4-11-12-13-14(4)6(9,10)3-5/h1-3H2. The van der Waals surface area contributed by atoms with Gasteiger partial charge in [0.25, 0.3) is 5.92 Å². The lowest BCUT2D eigenvalue weighted by atomic mass is 10.1. The summed E-state index contributed by atoms with van der Waals surface area (Å²) in [7, 11) is 0. The van der Waals surface area contributed by atoms with E-state index in [0.29, 0.717) is 0 Å². The molecule has 0 radical (unpaired) electrons. The van der Waals surface area contributed by atoms with Gasteiger partial charge in [0.1, 0.15) is 0 Å². The molecule has 0 saturated carbocycles. The molecule has 2 heterocycles. The Balaban J connectivity index is 2.42. The van der Waals surface area contributed by atoms with E-state index in [1.165, 1.54) is 0 Å². The van der Waals surface area contributed by atoms with Crippen LogP contribution in [0.25, 0.3) is 0 Å². The minimum absolute atomic E-state index is 0.175. The van der Waals surface area contributed by atoms with Gasteiger partial charge in [-0.05, 0) is 10.4 Å². The number of hydrogen-bond donors (Lipinski definition) is 0. The fourth-order valence-electron chi connectivity index (χ4n) is 1.38. The number of halogens is 4. The van der Waals surface area contributed by atoms with Gasteiger partial charge in [-0.25, -0.2) is 8.78 Å². The lowest BCUT2D eigenvalue weighted by Gasteiger charge is -2.18. The smallest absolute Gasteiger partial charge is 0.207 e. The van der Waals surface area contributed by atoms with Crippen molar-refractivity contribution in [1.29, 1.82) is 0 Å². The van der Waals surface area contributed by atoms with E-state index < -0.39 is 24.8 Å². The van der Waals surface area contributed by atoms with Crippen molar-refractivity contribution in [3.63, 3.8) is 0 Å². The molecule has 4 nitrogen and oxygen atoms in total. The first-order chi connectivity index (χ1) is 6.41. The van der Waals surface area contributed by atoms with Gasteiger partial charge in [-0.1, -0.05) is 0 Å². The van der Waals surface area contributed by atoms with Gasteiger partial charge < -0.3 is 0 Å². The molecule has 0 aromatic carbocycles. The monoisotopic (exact) mass is 210 g/mol. The maximum Gasteiger partial charge on any atom is 0.352 e. The number of rotatable bonds is 0. The third-order valence-corrected chi connectivity index (χ3v) is 2.03. The summed E-state index contributed by atoms with van der Waals surface area (Å²) >= 11 is 0. The van der Waals surface area contributed by atoms with Crippen LogP contribution in [0.15, 0.2) is 0 Å². The summed E-state index contributed by atoms with van der Waals surface area (Å²) in [5, 5.41) is 9.30. The van der Waals surface area contributed by atoms with Crippen molar-refractivity contribution in [2.45, 2.75) is 31.2 Å². The predicted molar refractivity (Wildman–Crippen MR) is 35.9 cm³/mol. The van der Waals surface area contributed by atoms with Crippen LogP contribution in [-0.4, -0.2) is 26.1 Å². The molecular weight excluding hydrogens is 204 g/mol. The Morgan fingerprint density at radius 3 is 2.64 bits per heavy atom. The lowest BCUT2D eigenvalue weighted by Crippen LogP contribution is -2.31. The van der Waals surface area contributed by atoms with Crippen molar-refractivity contribution in [2.75, 3.05) is 0 Å². The van der Waals surface area contributed by atoms with Crippen molar-refractivity contribution >= 4 is 0 Å². The highest BCUT2D eigenvalue weighted by molar-refractivity contribution is 4.92. The third kappa shape index (κ3) is 1.44.